The van der Waals surface area contributed by atoms with E-state index in [1.807, 2.05) is 30.5 Å². The van der Waals surface area contributed by atoms with E-state index in [9.17, 15) is 9.90 Å². The van der Waals surface area contributed by atoms with Crippen molar-refractivity contribution < 1.29 is 9.90 Å². The van der Waals surface area contributed by atoms with Crippen LogP contribution in [-0.4, -0.2) is 32.5 Å². The van der Waals surface area contributed by atoms with Crippen LogP contribution in [0, 0.1) is 0 Å². The van der Waals surface area contributed by atoms with E-state index in [-0.39, 0.29) is 5.56 Å². The summed E-state index contributed by atoms with van der Waals surface area (Å²) >= 11 is 10.4. The highest BCUT2D eigenvalue weighted by molar-refractivity contribution is 8.00. The van der Waals surface area contributed by atoms with E-state index in [0.29, 0.717) is 31.2 Å². The lowest BCUT2D eigenvalue weighted by Gasteiger charge is -2.21. The molecule has 1 fully saturated rings. The van der Waals surface area contributed by atoms with E-state index < -0.39 is 5.97 Å². The Labute approximate surface area is 177 Å². The van der Waals surface area contributed by atoms with Crippen LogP contribution in [0.2, 0.25) is 5.02 Å². The molecule has 0 radical (unpaired) electrons. The molecule has 1 aliphatic rings. The van der Waals surface area contributed by atoms with Gasteiger partial charge in [0.2, 0.25) is 0 Å². The number of halogens is 1. The van der Waals surface area contributed by atoms with Gasteiger partial charge in [-0.05, 0) is 36.8 Å². The van der Waals surface area contributed by atoms with Gasteiger partial charge in [0, 0.05) is 16.0 Å². The van der Waals surface area contributed by atoms with Crippen LogP contribution in [0.25, 0.3) is 0 Å². The number of aromatic carboxylic acids is 1. The summed E-state index contributed by atoms with van der Waals surface area (Å²) in [6.07, 6.45) is 7.84. The minimum atomic E-state index is -0.959. The first-order valence-corrected chi connectivity index (χ1v) is 12.3. The lowest BCUT2D eigenvalue weighted by atomic mass is 10.0. The van der Waals surface area contributed by atoms with Crippen LogP contribution in [-0.2, 0) is 5.75 Å². The first-order valence-electron chi connectivity index (χ1n) is 8.80. The maximum Gasteiger partial charge on any atom is 0.341 e. The lowest BCUT2D eigenvalue weighted by molar-refractivity contribution is 0.0686. The van der Waals surface area contributed by atoms with Crippen molar-refractivity contribution in [3.8, 4) is 0 Å². The quantitative estimate of drug-likeness (QED) is 0.309. The van der Waals surface area contributed by atoms with Crippen molar-refractivity contribution in [1.82, 2.24) is 9.97 Å². The predicted molar refractivity (Wildman–Crippen MR) is 115 cm³/mol. The van der Waals surface area contributed by atoms with E-state index in [2.05, 4.69) is 9.97 Å². The van der Waals surface area contributed by atoms with Crippen LogP contribution in [0.3, 0.4) is 0 Å². The molecule has 0 saturated heterocycles. The zero-order chi connectivity index (χ0) is 19.2. The standard InChI is InChI=1S/C19H21ClN2O2S3/c1-25-19-21-16(26-11-12-7-9-13(20)10-8-12)15(18(23)24)17(22-19)27-14-5-3-2-4-6-14/h7-10,14H,2-6,11H2,1H3,(H,23,24). The van der Waals surface area contributed by atoms with Gasteiger partial charge in [0.25, 0.3) is 0 Å². The van der Waals surface area contributed by atoms with Gasteiger partial charge in [-0.2, -0.15) is 0 Å². The zero-order valence-corrected chi connectivity index (χ0v) is 18.2. The van der Waals surface area contributed by atoms with E-state index in [0.717, 1.165) is 18.4 Å². The Balaban J connectivity index is 1.87. The van der Waals surface area contributed by atoms with Crippen molar-refractivity contribution in [2.24, 2.45) is 0 Å². The number of carboxylic acid groups (broad SMARTS) is 1. The summed E-state index contributed by atoms with van der Waals surface area (Å²) in [6.45, 7) is 0. The second-order valence-corrected chi connectivity index (χ2v) is 9.76. The number of benzene rings is 1. The van der Waals surface area contributed by atoms with Crippen LogP contribution in [0.4, 0.5) is 0 Å². The highest BCUT2D eigenvalue weighted by Crippen LogP contribution is 2.38. The van der Waals surface area contributed by atoms with Gasteiger partial charge in [-0.3, -0.25) is 0 Å². The number of carbonyl (C=O) groups is 1. The fourth-order valence-electron chi connectivity index (χ4n) is 2.94. The first kappa shape index (κ1) is 20.8. The third kappa shape index (κ3) is 5.79. The fraction of sp³-hybridized carbons (Fsp3) is 0.421. The van der Waals surface area contributed by atoms with Crippen molar-refractivity contribution in [2.75, 3.05) is 6.26 Å². The van der Waals surface area contributed by atoms with Gasteiger partial charge >= 0.3 is 5.97 Å². The molecule has 2 aromatic rings. The number of thioether (sulfide) groups is 3. The Kier molecular flexibility index (Phi) is 7.75. The molecule has 4 nitrogen and oxygen atoms in total. The molecule has 1 aliphatic carbocycles. The van der Waals surface area contributed by atoms with Crippen LogP contribution in [0.15, 0.2) is 39.5 Å². The van der Waals surface area contributed by atoms with Crippen molar-refractivity contribution in [1.29, 1.82) is 0 Å². The summed E-state index contributed by atoms with van der Waals surface area (Å²) in [5, 5.41) is 12.7. The highest BCUT2D eigenvalue weighted by atomic mass is 35.5. The van der Waals surface area contributed by atoms with Gasteiger partial charge in [0.1, 0.15) is 15.6 Å². The fourth-order valence-corrected chi connectivity index (χ4v) is 5.91. The number of hydrogen-bond acceptors (Lipinski definition) is 6. The van der Waals surface area contributed by atoms with E-state index in [1.54, 1.807) is 11.8 Å². The Morgan fingerprint density at radius 3 is 2.44 bits per heavy atom. The summed E-state index contributed by atoms with van der Waals surface area (Å²) < 4.78 is 0. The van der Waals surface area contributed by atoms with Gasteiger partial charge in [-0.1, -0.05) is 54.8 Å². The molecular weight excluding hydrogens is 420 g/mol. The number of aromatic nitrogens is 2. The number of carboxylic acids is 1. The maximum absolute atomic E-state index is 12.0. The largest absolute Gasteiger partial charge is 0.477 e. The minimum absolute atomic E-state index is 0.238. The Morgan fingerprint density at radius 1 is 1.15 bits per heavy atom. The van der Waals surface area contributed by atoms with Gasteiger partial charge < -0.3 is 5.11 Å². The molecule has 0 spiro atoms. The van der Waals surface area contributed by atoms with E-state index in [1.165, 1.54) is 42.8 Å². The summed E-state index contributed by atoms with van der Waals surface area (Å²) in [4.78, 5) is 21.0. The third-order valence-corrected chi connectivity index (χ3v) is 7.51. The van der Waals surface area contributed by atoms with Gasteiger partial charge in [-0.15, -0.1) is 23.5 Å². The molecule has 0 atom stereocenters. The molecule has 0 amide bonds. The van der Waals surface area contributed by atoms with E-state index in [4.69, 9.17) is 11.6 Å². The molecule has 1 heterocycles. The van der Waals surface area contributed by atoms with Crippen LogP contribution < -0.4 is 0 Å². The minimum Gasteiger partial charge on any atom is -0.477 e. The molecule has 3 rings (SSSR count). The first-order chi connectivity index (χ1) is 13.1. The molecule has 1 saturated carbocycles. The van der Waals surface area contributed by atoms with Crippen LogP contribution >= 0.6 is 46.9 Å². The smallest absolute Gasteiger partial charge is 0.341 e. The molecule has 0 unspecified atom stereocenters. The van der Waals surface area contributed by atoms with Gasteiger partial charge in [0.15, 0.2) is 5.16 Å². The molecule has 1 aromatic heterocycles. The van der Waals surface area contributed by atoms with Gasteiger partial charge in [-0.25, -0.2) is 14.8 Å². The molecule has 1 aromatic carbocycles. The molecule has 8 heteroatoms. The molecule has 27 heavy (non-hydrogen) atoms. The Hall–Kier alpha value is -0.890. The average Bonchev–Trinajstić information content (AvgIpc) is 2.67. The monoisotopic (exact) mass is 440 g/mol. The predicted octanol–water partition coefficient (Wildman–Crippen LogP) is 6.27. The Morgan fingerprint density at radius 2 is 1.81 bits per heavy atom. The highest BCUT2D eigenvalue weighted by Gasteiger charge is 2.25. The normalized spacial score (nSPS) is 15.0. The summed E-state index contributed by atoms with van der Waals surface area (Å²) in [5.74, 6) is -0.324. The van der Waals surface area contributed by atoms with Crippen molar-refractivity contribution in [3.63, 3.8) is 0 Å². The molecular formula is C19H21ClN2O2S3. The third-order valence-electron chi connectivity index (χ3n) is 4.34. The SMILES string of the molecule is CSc1nc(SCc2ccc(Cl)cc2)c(C(=O)O)c(SC2CCCCC2)n1. The zero-order valence-electron chi connectivity index (χ0n) is 15.0. The topological polar surface area (TPSA) is 63.1 Å². The number of hydrogen-bond donors (Lipinski definition) is 1. The van der Waals surface area contributed by atoms with Crippen molar-refractivity contribution in [3.05, 3.63) is 40.4 Å². The summed E-state index contributed by atoms with van der Waals surface area (Å²) in [7, 11) is 0. The number of rotatable bonds is 7. The van der Waals surface area contributed by atoms with Crippen molar-refractivity contribution >= 4 is 52.9 Å². The second kappa shape index (κ2) is 10.0. The molecule has 0 aliphatic heterocycles. The molecule has 1 N–H and O–H groups in total. The molecule has 144 valence electrons. The number of nitrogens with zero attached hydrogens (tertiary/aromatic N) is 2. The average molecular weight is 441 g/mol. The van der Waals surface area contributed by atoms with E-state index >= 15 is 0 Å². The van der Waals surface area contributed by atoms with Crippen LogP contribution in [0.1, 0.15) is 48.0 Å². The lowest BCUT2D eigenvalue weighted by Crippen LogP contribution is -2.12. The summed E-state index contributed by atoms with van der Waals surface area (Å²) in [6, 6.07) is 7.58. The summed E-state index contributed by atoms with van der Waals surface area (Å²) in [5.41, 5.74) is 1.31. The molecule has 0 bridgehead atoms. The van der Waals surface area contributed by atoms with Crippen molar-refractivity contribution in [2.45, 2.75) is 58.3 Å². The Bertz CT molecular complexity index is 796. The second-order valence-electron chi connectivity index (χ2n) is 6.29. The van der Waals surface area contributed by atoms with Crippen LogP contribution in [0.5, 0.6) is 0 Å². The maximum atomic E-state index is 12.0. The van der Waals surface area contributed by atoms with Gasteiger partial charge in [0.05, 0.1) is 0 Å².